The minimum Gasteiger partial charge on any atom is -0.496 e. The topological polar surface area (TPSA) is 128 Å². The number of hydrazine groups is 1. The molecule has 0 spiro atoms. The third-order valence-electron chi connectivity index (χ3n) is 4.05. The highest BCUT2D eigenvalue weighted by Gasteiger charge is 2.18. The van der Waals surface area contributed by atoms with E-state index in [9.17, 15) is 18.0 Å². The van der Waals surface area contributed by atoms with Crippen LogP contribution >= 0.6 is 0 Å². The second kappa shape index (κ2) is 7.99. The van der Waals surface area contributed by atoms with Gasteiger partial charge in [0, 0.05) is 5.56 Å². The predicted molar refractivity (Wildman–Crippen MR) is 104 cm³/mol. The van der Waals surface area contributed by atoms with Crippen molar-refractivity contribution >= 4 is 21.8 Å². The third kappa shape index (κ3) is 5.08. The number of amides is 2. The van der Waals surface area contributed by atoms with Crippen LogP contribution in [0.4, 0.5) is 0 Å². The molecule has 2 rings (SSSR count). The molecule has 2 aromatic rings. The lowest BCUT2D eigenvalue weighted by Crippen LogP contribution is -2.41. The largest absolute Gasteiger partial charge is 0.496 e. The number of methoxy groups -OCH3 is 1. The number of hydrogen-bond acceptors (Lipinski definition) is 5. The van der Waals surface area contributed by atoms with Gasteiger partial charge in [0.1, 0.15) is 5.75 Å². The van der Waals surface area contributed by atoms with Gasteiger partial charge in [0.25, 0.3) is 11.8 Å². The van der Waals surface area contributed by atoms with E-state index in [1.807, 2.05) is 12.1 Å². The monoisotopic (exact) mass is 405 g/mol. The molecular formula is C19H23N3O5S. The van der Waals surface area contributed by atoms with Gasteiger partial charge in [-0.3, -0.25) is 20.4 Å². The molecule has 0 bridgehead atoms. The van der Waals surface area contributed by atoms with Gasteiger partial charge < -0.3 is 4.74 Å². The van der Waals surface area contributed by atoms with Gasteiger partial charge in [0.2, 0.25) is 10.0 Å². The molecule has 0 radical (unpaired) electrons. The highest BCUT2D eigenvalue weighted by Crippen LogP contribution is 2.23. The third-order valence-corrected chi connectivity index (χ3v) is 4.96. The molecule has 150 valence electrons. The van der Waals surface area contributed by atoms with Gasteiger partial charge in [-0.25, -0.2) is 13.6 Å². The molecule has 0 aromatic heterocycles. The lowest BCUT2D eigenvalue weighted by Gasteiger charge is -2.19. The summed E-state index contributed by atoms with van der Waals surface area (Å²) in [6, 6.07) is 10.6. The molecule has 0 unspecified atom stereocenters. The highest BCUT2D eigenvalue weighted by atomic mass is 32.2. The number of carbonyl (C=O) groups is 2. The smallest absolute Gasteiger partial charge is 0.273 e. The molecule has 9 heteroatoms. The van der Waals surface area contributed by atoms with Crippen LogP contribution in [0.25, 0.3) is 0 Å². The van der Waals surface area contributed by atoms with Crippen LogP contribution in [0.2, 0.25) is 0 Å². The number of ether oxygens (including phenoxy) is 1. The fraction of sp³-hybridized carbons (Fsp3) is 0.263. The Morgan fingerprint density at radius 2 is 1.54 bits per heavy atom. The van der Waals surface area contributed by atoms with Crippen LogP contribution in [0, 0.1) is 0 Å². The van der Waals surface area contributed by atoms with Crippen LogP contribution < -0.4 is 20.7 Å². The molecule has 0 aliphatic rings. The van der Waals surface area contributed by atoms with Gasteiger partial charge >= 0.3 is 0 Å². The maximum Gasteiger partial charge on any atom is 0.273 e. The van der Waals surface area contributed by atoms with E-state index in [4.69, 9.17) is 9.88 Å². The van der Waals surface area contributed by atoms with Crippen LogP contribution in [0.3, 0.4) is 0 Å². The molecule has 0 heterocycles. The lowest BCUT2D eigenvalue weighted by molar-refractivity contribution is 0.0844. The molecule has 2 aromatic carbocycles. The summed E-state index contributed by atoms with van der Waals surface area (Å²) in [5.74, 6) is -1.13. The zero-order valence-electron chi connectivity index (χ0n) is 16.1. The summed E-state index contributed by atoms with van der Waals surface area (Å²) in [6.07, 6.45) is 0. The maximum atomic E-state index is 12.4. The standard InChI is InChI=1S/C19H23N3O5S/c1-19(2,3)13-7-5-12(6-8-13)17(23)21-22-18(24)15-11-14(28(20,25)26)9-10-16(15)27-4/h5-11H,1-4H3,(H,21,23)(H,22,24)(H2,20,25,26). The second-order valence-corrected chi connectivity index (χ2v) is 8.70. The van der Waals surface area contributed by atoms with Gasteiger partial charge in [0.15, 0.2) is 0 Å². The Kier molecular flexibility index (Phi) is 6.10. The fourth-order valence-electron chi connectivity index (χ4n) is 2.42. The SMILES string of the molecule is COc1ccc(S(N)(=O)=O)cc1C(=O)NNC(=O)c1ccc(C(C)(C)C)cc1. The summed E-state index contributed by atoms with van der Waals surface area (Å²) in [6.45, 7) is 6.18. The van der Waals surface area contributed by atoms with E-state index in [1.54, 1.807) is 12.1 Å². The molecule has 0 saturated carbocycles. The van der Waals surface area contributed by atoms with Crippen molar-refractivity contribution in [3.63, 3.8) is 0 Å². The Hall–Kier alpha value is -2.91. The van der Waals surface area contributed by atoms with E-state index in [1.165, 1.54) is 19.2 Å². The van der Waals surface area contributed by atoms with Crippen LogP contribution in [0.5, 0.6) is 5.75 Å². The average Bonchev–Trinajstić information content (AvgIpc) is 2.63. The van der Waals surface area contributed by atoms with Gasteiger partial charge in [-0.15, -0.1) is 0 Å². The van der Waals surface area contributed by atoms with Crippen molar-refractivity contribution in [2.45, 2.75) is 31.1 Å². The first kappa shape index (κ1) is 21.4. The van der Waals surface area contributed by atoms with Crippen molar-refractivity contribution in [2.24, 2.45) is 5.14 Å². The molecule has 8 nitrogen and oxygen atoms in total. The molecule has 0 saturated heterocycles. The van der Waals surface area contributed by atoms with Gasteiger partial charge in [-0.1, -0.05) is 32.9 Å². The number of rotatable bonds is 4. The Morgan fingerprint density at radius 3 is 2.04 bits per heavy atom. The van der Waals surface area contributed by atoms with Crippen molar-refractivity contribution in [3.05, 3.63) is 59.2 Å². The minimum absolute atomic E-state index is 0.0475. The van der Waals surface area contributed by atoms with Gasteiger partial charge in [-0.05, 0) is 41.3 Å². The second-order valence-electron chi connectivity index (χ2n) is 7.14. The summed E-state index contributed by atoms with van der Waals surface area (Å²) in [7, 11) is -2.67. The molecule has 28 heavy (non-hydrogen) atoms. The Bertz CT molecular complexity index is 993. The highest BCUT2D eigenvalue weighted by molar-refractivity contribution is 7.89. The summed E-state index contributed by atoms with van der Waals surface area (Å²) in [5, 5.41) is 5.09. The Labute approximate surface area is 164 Å². The first-order chi connectivity index (χ1) is 12.9. The van der Waals surface area contributed by atoms with E-state index < -0.39 is 21.8 Å². The van der Waals surface area contributed by atoms with Crippen molar-refractivity contribution in [2.75, 3.05) is 7.11 Å². The van der Waals surface area contributed by atoms with Crippen LogP contribution in [0.15, 0.2) is 47.4 Å². The molecule has 4 N–H and O–H groups in total. The van der Waals surface area contributed by atoms with E-state index in [-0.39, 0.29) is 21.6 Å². The molecule has 0 fully saturated rings. The Balaban J connectivity index is 2.14. The number of primary sulfonamides is 1. The fourth-order valence-corrected chi connectivity index (χ4v) is 2.96. The zero-order valence-corrected chi connectivity index (χ0v) is 16.9. The Morgan fingerprint density at radius 1 is 0.964 bits per heavy atom. The van der Waals surface area contributed by atoms with Gasteiger partial charge in [-0.2, -0.15) is 0 Å². The molecule has 0 aliphatic heterocycles. The molecular weight excluding hydrogens is 382 g/mol. The molecule has 2 amide bonds. The normalized spacial score (nSPS) is 11.6. The lowest BCUT2D eigenvalue weighted by atomic mass is 9.87. The maximum absolute atomic E-state index is 12.4. The zero-order chi connectivity index (χ0) is 21.1. The van der Waals surface area contributed by atoms with Crippen molar-refractivity contribution in [1.82, 2.24) is 10.9 Å². The van der Waals surface area contributed by atoms with Crippen LogP contribution in [0.1, 0.15) is 47.1 Å². The predicted octanol–water partition coefficient (Wildman–Crippen LogP) is 1.71. The van der Waals surface area contributed by atoms with E-state index in [0.29, 0.717) is 5.56 Å². The summed E-state index contributed by atoms with van der Waals surface area (Å²) in [4.78, 5) is 24.4. The van der Waals surface area contributed by atoms with Crippen molar-refractivity contribution in [3.8, 4) is 5.75 Å². The van der Waals surface area contributed by atoms with Crippen molar-refractivity contribution in [1.29, 1.82) is 0 Å². The first-order valence-electron chi connectivity index (χ1n) is 8.35. The number of nitrogens with two attached hydrogens (primary N) is 1. The first-order valence-corrected chi connectivity index (χ1v) is 9.90. The summed E-state index contributed by atoms with van der Waals surface area (Å²) >= 11 is 0. The number of benzene rings is 2. The quantitative estimate of drug-likeness (QED) is 0.667. The number of carbonyl (C=O) groups excluding carboxylic acids is 2. The number of nitrogens with one attached hydrogen (secondary N) is 2. The molecule has 0 atom stereocenters. The van der Waals surface area contributed by atoms with Crippen LogP contribution in [-0.4, -0.2) is 27.3 Å². The van der Waals surface area contributed by atoms with E-state index in [0.717, 1.165) is 11.6 Å². The average molecular weight is 405 g/mol. The summed E-state index contributed by atoms with van der Waals surface area (Å²) in [5.41, 5.74) is 5.83. The molecule has 0 aliphatic carbocycles. The van der Waals surface area contributed by atoms with E-state index in [2.05, 4.69) is 31.6 Å². The van der Waals surface area contributed by atoms with Crippen molar-refractivity contribution < 1.29 is 22.7 Å². The minimum atomic E-state index is -4.00. The van der Waals surface area contributed by atoms with Crippen LogP contribution in [-0.2, 0) is 15.4 Å². The summed E-state index contributed by atoms with van der Waals surface area (Å²) < 4.78 is 28.0. The van der Waals surface area contributed by atoms with E-state index >= 15 is 0 Å². The number of sulfonamides is 1. The van der Waals surface area contributed by atoms with Gasteiger partial charge in [0.05, 0.1) is 17.6 Å². The number of hydrogen-bond donors (Lipinski definition) is 3.